The summed E-state index contributed by atoms with van der Waals surface area (Å²) >= 11 is 3.29. The number of aromatic hydroxyl groups is 1. The van der Waals surface area contributed by atoms with Gasteiger partial charge in [-0.2, -0.15) is 5.10 Å². The number of nitrogens with zero attached hydrogens (tertiary/aromatic N) is 1. The van der Waals surface area contributed by atoms with E-state index in [1.807, 2.05) is 19.1 Å². The van der Waals surface area contributed by atoms with Crippen molar-refractivity contribution in [2.24, 2.45) is 5.10 Å². The molecule has 1 aromatic heterocycles. The van der Waals surface area contributed by atoms with Crippen molar-refractivity contribution < 1.29 is 14.6 Å². The van der Waals surface area contributed by atoms with Crippen LogP contribution in [0.5, 0.6) is 11.5 Å². The molecule has 0 fully saturated rings. The van der Waals surface area contributed by atoms with Gasteiger partial charge in [0.05, 0.1) is 17.3 Å². The van der Waals surface area contributed by atoms with E-state index in [0.29, 0.717) is 28.0 Å². The van der Waals surface area contributed by atoms with Crippen molar-refractivity contribution in [3.8, 4) is 11.5 Å². The predicted molar refractivity (Wildman–Crippen MR) is 117 cm³/mol. The number of aromatic nitrogens is 1. The smallest absolute Gasteiger partial charge is 0.271 e. The zero-order valence-corrected chi connectivity index (χ0v) is 17.7. The maximum absolute atomic E-state index is 12.5. The number of phenolic OH excluding ortho intramolecular Hbond substituents is 1. The minimum atomic E-state index is -0.267. The Morgan fingerprint density at radius 1 is 1.31 bits per heavy atom. The van der Waals surface area contributed by atoms with Crippen molar-refractivity contribution in [2.75, 3.05) is 6.61 Å². The van der Waals surface area contributed by atoms with Gasteiger partial charge in [0.15, 0.2) is 11.5 Å². The Bertz CT molecular complexity index is 1100. The van der Waals surface area contributed by atoms with Crippen molar-refractivity contribution in [3.05, 3.63) is 57.2 Å². The minimum Gasteiger partial charge on any atom is -0.503 e. The third-order valence-corrected chi connectivity index (χ3v) is 5.70. The van der Waals surface area contributed by atoms with Gasteiger partial charge in [-0.3, -0.25) is 4.79 Å². The summed E-state index contributed by atoms with van der Waals surface area (Å²) in [6.07, 6.45) is 6.03. The number of aryl methyl sites for hydroxylation is 2. The van der Waals surface area contributed by atoms with Crippen LogP contribution in [0.2, 0.25) is 0 Å². The Morgan fingerprint density at radius 2 is 2.14 bits per heavy atom. The van der Waals surface area contributed by atoms with Gasteiger partial charge in [0.2, 0.25) is 0 Å². The number of benzene rings is 2. The van der Waals surface area contributed by atoms with E-state index in [1.54, 1.807) is 18.2 Å². The normalized spacial score (nSPS) is 13.6. The first-order valence-electron chi connectivity index (χ1n) is 9.69. The second kappa shape index (κ2) is 8.29. The molecule has 0 unspecified atom stereocenters. The van der Waals surface area contributed by atoms with E-state index in [2.05, 4.69) is 31.4 Å². The van der Waals surface area contributed by atoms with Gasteiger partial charge in [0.1, 0.15) is 0 Å². The minimum absolute atomic E-state index is 0.0381. The lowest BCUT2D eigenvalue weighted by Crippen LogP contribution is -2.17. The highest BCUT2D eigenvalue weighted by Crippen LogP contribution is 2.35. The fourth-order valence-electron chi connectivity index (χ4n) is 3.71. The molecular formula is C22H22BrN3O3. The van der Waals surface area contributed by atoms with Crippen LogP contribution in [0.15, 0.2) is 39.9 Å². The predicted octanol–water partition coefficient (Wildman–Crippen LogP) is 4.68. The lowest BCUT2D eigenvalue weighted by Gasteiger charge is -2.10. The van der Waals surface area contributed by atoms with Crippen molar-refractivity contribution in [2.45, 2.75) is 32.6 Å². The average molecular weight is 456 g/mol. The zero-order chi connectivity index (χ0) is 20.4. The number of ether oxygens (including phenoxy) is 1. The second-order valence-corrected chi connectivity index (χ2v) is 7.89. The van der Waals surface area contributed by atoms with Gasteiger partial charge in [0, 0.05) is 22.2 Å². The summed E-state index contributed by atoms with van der Waals surface area (Å²) in [5.74, 6) is 0.130. The summed E-state index contributed by atoms with van der Waals surface area (Å²) in [5, 5.41) is 15.2. The second-order valence-electron chi connectivity index (χ2n) is 7.03. The number of H-pyrrole nitrogens is 1. The number of halogens is 1. The lowest BCUT2D eigenvalue weighted by molar-refractivity contribution is 0.0955. The first kappa shape index (κ1) is 19.5. The third kappa shape index (κ3) is 4.00. The van der Waals surface area contributed by atoms with Crippen LogP contribution >= 0.6 is 15.9 Å². The van der Waals surface area contributed by atoms with Crippen LogP contribution in [0.3, 0.4) is 0 Å². The molecule has 3 aromatic rings. The Balaban J connectivity index is 1.51. The fourth-order valence-corrected chi connectivity index (χ4v) is 4.17. The molecule has 0 aliphatic heterocycles. The van der Waals surface area contributed by atoms with Gasteiger partial charge in [-0.1, -0.05) is 0 Å². The van der Waals surface area contributed by atoms with Crippen molar-refractivity contribution in [3.63, 3.8) is 0 Å². The number of hydrogen-bond acceptors (Lipinski definition) is 4. The molecule has 1 aliphatic carbocycles. The first-order chi connectivity index (χ1) is 14.1. The fraction of sp³-hybridized carbons (Fsp3) is 0.273. The molecule has 6 nitrogen and oxygen atoms in total. The van der Waals surface area contributed by atoms with E-state index in [-0.39, 0.29) is 11.7 Å². The summed E-state index contributed by atoms with van der Waals surface area (Å²) in [7, 11) is 0. The van der Waals surface area contributed by atoms with E-state index >= 15 is 0 Å². The Labute approximate surface area is 177 Å². The molecule has 1 aliphatic rings. The highest BCUT2D eigenvalue weighted by Gasteiger charge is 2.16. The topological polar surface area (TPSA) is 86.7 Å². The lowest BCUT2D eigenvalue weighted by atomic mass is 9.95. The van der Waals surface area contributed by atoms with Gasteiger partial charge in [-0.15, -0.1) is 0 Å². The highest BCUT2D eigenvalue weighted by molar-refractivity contribution is 9.10. The number of carbonyl (C=O) groups excluding carboxylic acids is 1. The number of amides is 1. The number of nitrogens with one attached hydrogen (secondary N) is 2. The molecule has 0 saturated heterocycles. The summed E-state index contributed by atoms with van der Waals surface area (Å²) < 4.78 is 5.90. The number of carbonyl (C=O) groups is 1. The van der Waals surface area contributed by atoms with Crippen LogP contribution in [-0.4, -0.2) is 28.8 Å². The molecule has 2 aromatic carbocycles. The van der Waals surface area contributed by atoms with Crippen molar-refractivity contribution in [1.29, 1.82) is 0 Å². The number of aromatic amines is 1. The van der Waals surface area contributed by atoms with E-state index < -0.39 is 0 Å². The number of hydrogen-bond donors (Lipinski definition) is 3. The first-order valence-corrected chi connectivity index (χ1v) is 10.5. The molecule has 0 atom stereocenters. The zero-order valence-electron chi connectivity index (χ0n) is 16.1. The van der Waals surface area contributed by atoms with Crippen LogP contribution in [0.25, 0.3) is 10.9 Å². The van der Waals surface area contributed by atoms with Gasteiger partial charge in [-0.05, 0) is 90.0 Å². The average Bonchev–Trinajstić information content (AvgIpc) is 3.09. The molecule has 0 bridgehead atoms. The molecule has 29 heavy (non-hydrogen) atoms. The number of phenols is 1. The summed E-state index contributed by atoms with van der Waals surface area (Å²) in [5.41, 5.74) is 7.54. The van der Waals surface area contributed by atoms with Gasteiger partial charge in [0.25, 0.3) is 5.91 Å². The van der Waals surface area contributed by atoms with Crippen LogP contribution in [-0.2, 0) is 12.8 Å². The SMILES string of the molecule is CCOc1cc(/C=N\NC(=O)c2ccc3[nH]c4c(c3c2)CCCC4)cc(Br)c1O. The Kier molecular flexibility index (Phi) is 5.58. The molecule has 7 heteroatoms. The Hall–Kier alpha value is -2.80. The molecule has 150 valence electrons. The van der Waals surface area contributed by atoms with Crippen molar-refractivity contribution in [1.82, 2.24) is 10.4 Å². The number of rotatable bonds is 5. The third-order valence-electron chi connectivity index (χ3n) is 5.09. The molecular weight excluding hydrogens is 434 g/mol. The monoisotopic (exact) mass is 455 g/mol. The van der Waals surface area contributed by atoms with E-state index in [0.717, 1.165) is 23.7 Å². The maximum Gasteiger partial charge on any atom is 0.271 e. The molecule has 1 heterocycles. The number of hydrazone groups is 1. The Morgan fingerprint density at radius 3 is 2.97 bits per heavy atom. The van der Waals surface area contributed by atoms with Gasteiger partial charge < -0.3 is 14.8 Å². The molecule has 0 spiro atoms. The molecule has 1 amide bonds. The summed E-state index contributed by atoms with van der Waals surface area (Å²) in [6.45, 7) is 2.27. The van der Waals surface area contributed by atoms with Crippen LogP contribution < -0.4 is 10.2 Å². The molecule has 4 rings (SSSR count). The standard InChI is InChI=1S/C22H22BrN3O3/c1-2-29-20-10-13(9-17(23)21(20)27)12-24-26-22(28)14-7-8-19-16(11-14)15-5-3-4-6-18(15)25-19/h7-12,25,27H,2-6H2,1H3,(H,26,28)/b24-12-. The van der Waals surface area contributed by atoms with Crippen LogP contribution in [0, 0.1) is 0 Å². The largest absolute Gasteiger partial charge is 0.503 e. The summed E-state index contributed by atoms with van der Waals surface area (Å²) in [6, 6.07) is 9.06. The van der Waals surface area contributed by atoms with Crippen LogP contribution in [0.4, 0.5) is 0 Å². The molecule has 0 radical (unpaired) electrons. The van der Waals surface area contributed by atoms with Gasteiger partial charge >= 0.3 is 0 Å². The van der Waals surface area contributed by atoms with Crippen molar-refractivity contribution >= 4 is 39.0 Å². The van der Waals surface area contributed by atoms with E-state index in [4.69, 9.17) is 4.74 Å². The molecule has 0 saturated carbocycles. The van der Waals surface area contributed by atoms with E-state index in [1.165, 1.54) is 30.3 Å². The van der Waals surface area contributed by atoms with E-state index in [9.17, 15) is 9.90 Å². The highest BCUT2D eigenvalue weighted by atomic mass is 79.9. The quantitative estimate of drug-likeness (QED) is 0.385. The maximum atomic E-state index is 12.5. The van der Waals surface area contributed by atoms with Crippen LogP contribution in [0.1, 0.15) is 46.9 Å². The summed E-state index contributed by atoms with van der Waals surface area (Å²) in [4.78, 5) is 16.0. The molecule has 3 N–H and O–H groups in total. The number of fused-ring (bicyclic) bond motifs is 3. The van der Waals surface area contributed by atoms with Gasteiger partial charge in [-0.25, -0.2) is 5.43 Å².